The molecule has 2 aromatic rings. The molecule has 1 N–H and O–H groups in total. The molecule has 0 bridgehead atoms. The number of nitrogens with one attached hydrogen (secondary N) is 1. The summed E-state index contributed by atoms with van der Waals surface area (Å²) >= 11 is 1.66. The minimum atomic E-state index is 0.208. The highest BCUT2D eigenvalue weighted by atomic mass is 32.1. The molecular weight excluding hydrogens is 292 g/mol. The first-order valence-corrected chi connectivity index (χ1v) is 8.80. The number of thiazole rings is 1. The van der Waals surface area contributed by atoms with Gasteiger partial charge in [0.05, 0.1) is 16.1 Å². The van der Waals surface area contributed by atoms with Gasteiger partial charge in [-0.25, -0.2) is 4.98 Å². The highest BCUT2D eigenvalue weighted by molar-refractivity contribution is 7.13. The summed E-state index contributed by atoms with van der Waals surface area (Å²) in [5.41, 5.74) is 5.28. The summed E-state index contributed by atoms with van der Waals surface area (Å²) in [6.07, 6.45) is 3.40. The van der Waals surface area contributed by atoms with Crippen LogP contribution in [0.5, 0.6) is 0 Å². The van der Waals surface area contributed by atoms with Crippen LogP contribution in [0, 0.1) is 18.8 Å². The van der Waals surface area contributed by atoms with Gasteiger partial charge in [0.25, 0.3) is 0 Å². The van der Waals surface area contributed by atoms with Gasteiger partial charge in [-0.15, -0.1) is 11.3 Å². The Balaban J connectivity index is 1.60. The van der Waals surface area contributed by atoms with Crippen molar-refractivity contribution in [3.8, 4) is 10.4 Å². The first-order valence-electron chi connectivity index (χ1n) is 7.92. The van der Waals surface area contributed by atoms with E-state index in [9.17, 15) is 4.79 Å². The zero-order chi connectivity index (χ0) is 15.5. The third kappa shape index (κ3) is 3.22. The quantitative estimate of drug-likeness (QED) is 0.920. The Morgan fingerprint density at radius 1 is 1.32 bits per heavy atom. The predicted octanol–water partition coefficient (Wildman–Crippen LogP) is 4.17. The molecule has 0 saturated heterocycles. The lowest BCUT2D eigenvalue weighted by Crippen LogP contribution is -2.31. The summed E-state index contributed by atoms with van der Waals surface area (Å²) in [6.45, 7) is 4.83. The van der Waals surface area contributed by atoms with Crippen LogP contribution in [-0.2, 0) is 11.3 Å². The second-order valence-corrected chi connectivity index (χ2v) is 7.05. The topological polar surface area (TPSA) is 42.0 Å². The molecule has 1 aromatic carbocycles. The minimum Gasteiger partial charge on any atom is -0.352 e. The summed E-state index contributed by atoms with van der Waals surface area (Å²) in [7, 11) is 0. The molecule has 0 radical (unpaired) electrons. The van der Waals surface area contributed by atoms with Gasteiger partial charge in [0.1, 0.15) is 0 Å². The fourth-order valence-electron chi connectivity index (χ4n) is 3.21. The number of benzene rings is 1. The average molecular weight is 314 g/mol. The van der Waals surface area contributed by atoms with E-state index >= 15 is 0 Å². The Hall–Kier alpha value is -1.68. The van der Waals surface area contributed by atoms with Gasteiger partial charge in [0, 0.05) is 12.5 Å². The van der Waals surface area contributed by atoms with Gasteiger partial charge in [0.2, 0.25) is 5.91 Å². The van der Waals surface area contributed by atoms with Crippen LogP contribution in [0.3, 0.4) is 0 Å². The van der Waals surface area contributed by atoms with Gasteiger partial charge in [-0.05, 0) is 36.8 Å². The normalized spacial score (nSPS) is 21.0. The Kier molecular flexibility index (Phi) is 4.57. The minimum absolute atomic E-state index is 0.208. The second-order valence-electron chi connectivity index (χ2n) is 6.20. The Bertz CT molecular complexity index is 647. The van der Waals surface area contributed by atoms with E-state index in [0.29, 0.717) is 12.5 Å². The molecule has 1 fully saturated rings. The molecule has 3 rings (SSSR count). The summed E-state index contributed by atoms with van der Waals surface area (Å²) in [5, 5.41) is 3.09. The molecular formula is C18H22N2OS. The van der Waals surface area contributed by atoms with Gasteiger partial charge in [-0.2, -0.15) is 0 Å². The fraction of sp³-hybridized carbons (Fsp3) is 0.444. The van der Waals surface area contributed by atoms with Gasteiger partial charge in [-0.1, -0.05) is 37.6 Å². The van der Waals surface area contributed by atoms with Crippen molar-refractivity contribution in [1.82, 2.24) is 10.3 Å². The van der Waals surface area contributed by atoms with Crippen LogP contribution in [0.2, 0.25) is 0 Å². The lowest BCUT2D eigenvalue weighted by atomic mass is 9.97. The largest absolute Gasteiger partial charge is 0.352 e. The zero-order valence-corrected chi connectivity index (χ0v) is 14.0. The van der Waals surface area contributed by atoms with Crippen LogP contribution in [0.1, 0.15) is 37.4 Å². The lowest BCUT2D eigenvalue weighted by Gasteiger charge is -2.15. The Labute approximate surface area is 135 Å². The van der Waals surface area contributed by atoms with Crippen LogP contribution in [0.4, 0.5) is 0 Å². The van der Waals surface area contributed by atoms with E-state index in [0.717, 1.165) is 17.7 Å². The van der Waals surface area contributed by atoms with E-state index in [-0.39, 0.29) is 11.8 Å². The number of aryl methyl sites for hydroxylation is 1. The molecule has 0 spiro atoms. The fourth-order valence-corrected chi connectivity index (χ4v) is 4.02. The molecule has 22 heavy (non-hydrogen) atoms. The molecule has 1 amide bonds. The van der Waals surface area contributed by atoms with Crippen molar-refractivity contribution >= 4 is 17.2 Å². The highest BCUT2D eigenvalue weighted by Gasteiger charge is 2.29. The van der Waals surface area contributed by atoms with Gasteiger partial charge in [0.15, 0.2) is 0 Å². The molecule has 1 aliphatic rings. The van der Waals surface area contributed by atoms with Gasteiger partial charge >= 0.3 is 0 Å². The summed E-state index contributed by atoms with van der Waals surface area (Å²) < 4.78 is 0. The molecule has 1 heterocycles. The third-order valence-electron chi connectivity index (χ3n) is 4.63. The van der Waals surface area contributed by atoms with Crippen molar-refractivity contribution in [2.24, 2.45) is 11.8 Å². The van der Waals surface area contributed by atoms with Crippen LogP contribution in [-0.4, -0.2) is 10.9 Å². The van der Waals surface area contributed by atoms with Crippen molar-refractivity contribution in [3.63, 3.8) is 0 Å². The molecule has 2 atom stereocenters. The smallest absolute Gasteiger partial charge is 0.223 e. The van der Waals surface area contributed by atoms with E-state index in [2.05, 4.69) is 41.5 Å². The summed E-state index contributed by atoms with van der Waals surface area (Å²) in [4.78, 5) is 17.7. The highest BCUT2D eigenvalue weighted by Crippen LogP contribution is 2.31. The molecule has 1 unspecified atom stereocenters. The van der Waals surface area contributed by atoms with Gasteiger partial charge < -0.3 is 5.32 Å². The number of carbonyl (C=O) groups excluding carboxylic acids is 1. The Morgan fingerprint density at radius 3 is 2.68 bits per heavy atom. The molecule has 1 aliphatic carbocycles. The maximum Gasteiger partial charge on any atom is 0.223 e. The van der Waals surface area contributed by atoms with Crippen LogP contribution in [0.15, 0.2) is 29.8 Å². The van der Waals surface area contributed by atoms with Crippen molar-refractivity contribution in [2.75, 3.05) is 0 Å². The maximum atomic E-state index is 12.2. The number of carbonyl (C=O) groups is 1. The number of rotatable bonds is 4. The van der Waals surface area contributed by atoms with E-state index in [1.165, 1.54) is 23.3 Å². The number of aromatic nitrogens is 1. The van der Waals surface area contributed by atoms with E-state index in [1.807, 2.05) is 12.4 Å². The van der Waals surface area contributed by atoms with Crippen LogP contribution >= 0.6 is 11.3 Å². The van der Waals surface area contributed by atoms with Crippen molar-refractivity contribution in [2.45, 2.75) is 39.7 Å². The third-order valence-corrected chi connectivity index (χ3v) is 5.60. The summed E-state index contributed by atoms with van der Waals surface area (Å²) in [6, 6.07) is 8.40. The first kappa shape index (κ1) is 15.2. The Morgan fingerprint density at radius 2 is 2.09 bits per heavy atom. The first-order chi connectivity index (χ1) is 10.6. The van der Waals surface area contributed by atoms with Crippen LogP contribution in [0.25, 0.3) is 10.4 Å². The van der Waals surface area contributed by atoms with Gasteiger partial charge in [-0.3, -0.25) is 4.79 Å². The molecule has 4 heteroatoms. The van der Waals surface area contributed by atoms with Crippen molar-refractivity contribution in [1.29, 1.82) is 0 Å². The summed E-state index contributed by atoms with van der Waals surface area (Å²) in [5.74, 6) is 0.947. The monoisotopic (exact) mass is 314 g/mol. The van der Waals surface area contributed by atoms with E-state index in [4.69, 9.17) is 0 Å². The molecule has 1 aromatic heterocycles. The SMILES string of the molecule is Cc1ncsc1-c1ccc(CNC(=O)[C@@H]2CCCC2C)cc1. The zero-order valence-electron chi connectivity index (χ0n) is 13.1. The second kappa shape index (κ2) is 6.61. The molecule has 116 valence electrons. The molecule has 0 aliphatic heterocycles. The van der Waals surface area contributed by atoms with Crippen LogP contribution < -0.4 is 5.32 Å². The molecule has 1 saturated carbocycles. The standard InChI is InChI=1S/C18H22N2OS/c1-12-4-3-5-16(12)18(21)19-10-14-6-8-15(9-7-14)17-13(2)20-11-22-17/h6-9,11-12,16H,3-5,10H2,1-2H3,(H,19,21)/t12?,16-/m1/s1. The van der Waals surface area contributed by atoms with E-state index in [1.54, 1.807) is 11.3 Å². The van der Waals surface area contributed by atoms with E-state index < -0.39 is 0 Å². The number of nitrogens with zero attached hydrogens (tertiary/aromatic N) is 1. The van der Waals surface area contributed by atoms with Crippen molar-refractivity contribution < 1.29 is 4.79 Å². The number of hydrogen-bond acceptors (Lipinski definition) is 3. The average Bonchev–Trinajstić information content (AvgIpc) is 3.14. The maximum absolute atomic E-state index is 12.2. The molecule has 3 nitrogen and oxygen atoms in total. The lowest BCUT2D eigenvalue weighted by molar-refractivity contribution is -0.126. The number of amides is 1. The number of hydrogen-bond donors (Lipinski definition) is 1. The predicted molar refractivity (Wildman–Crippen MR) is 90.6 cm³/mol. The van der Waals surface area contributed by atoms with Crippen molar-refractivity contribution in [3.05, 3.63) is 41.0 Å².